The van der Waals surface area contributed by atoms with Gasteiger partial charge < -0.3 is 4.90 Å². The van der Waals surface area contributed by atoms with E-state index in [0.717, 1.165) is 17.5 Å². The summed E-state index contributed by atoms with van der Waals surface area (Å²) >= 11 is 1.59. The molecule has 1 atom stereocenters. The van der Waals surface area contributed by atoms with Gasteiger partial charge >= 0.3 is 0 Å². The van der Waals surface area contributed by atoms with Crippen LogP contribution in [0.5, 0.6) is 0 Å². The number of rotatable bonds is 2. The van der Waals surface area contributed by atoms with Crippen molar-refractivity contribution in [3.63, 3.8) is 0 Å². The lowest BCUT2D eigenvalue weighted by Gasteiger charge is -2.20. The van der Waals surface area contributed by atoms with Gasteiger partial charge in [0.15, 0.2) is 0 Å². The highest BCUT2D eigenvalue weighted by molar-refractivity contribution is 7.10. The summed E-state index contributed by atoms with van der Waals surface area (Å²) in [4.78, 5) is 39.0. The predicted octanol–water partition coefficient (Wildman–Crippen LogP) is 1.50. The third-order valence-corrected chi connectivity index (χ3v) is 5.52. The summed E-state index contributed by atoms with van der Waals surface area (Å²) in [6.07, 6.45) is 1.61. The summed E-state index contributed by atoms with van der Waals surface area (Å²) < 4.78 is 0. The zero-order chi connectivity index (χ0) is 15.2. The van der Waals surface area contributed by atoms with Gasteiger partial charge in [0.2, 0.25) is 11.8 Å². The molecule has 1 N–H and O–H groups in total. The topological polar surface area (TPSA) is 66.5 Å². The summed E-state index contributed by atoms with van der Waals surface area (Å²) in [6.45, 7) is 4.95. The first-order chi connectivity index (χ1) is 9.97. The lowest BCUT2D eigenvalue weighted by molar-refractivity contribution is -0.128. The zero-order valence-corrected chi connectivity index (χ0v) is 13.0. The van der Waals surface area contributed by atoms with Gasteiger partial charge in [-0.2, -0.15) is 0 Å². The van der Waals surface area contributed by atoms with E-state index >= 15 is 0 Å². The molecule has 3 heterocycles. The van der Waals surface area contributed by atoms with E-state index in [4.69, 9.17) is 0 Å². The number of carbonyl (C=O) groups is 3. The highest BCUT2D eigenvalue weighted by Gasteiger charge is 2.51. The number of nitrogens with zero attached hydrogens (tertiary/aromatic N) is 1. The van der Waals surface area contributed by atoms with Crippen molar-refractivity contribution >= 4 is 29.1 Å². The molecule has 3 rings (SSSR count). The van der Waals surface area contributed by atoms with Gasteiger partial charge in [0.05, 0.1) is 11.0 Å². The van der Waals surface area contributed by atoms with Crippen LogP contribution in [0.2, 0.25) is 0 Å². The quantitative estimate of drug-likeness (QED) is 0.842. The molecule has 3 amide bonds. The molecule has 2 aliphatic heterocycles. The van der Waals surface area contributed by atoms with Crippen molar-refractivity contribution in [2.24, 2.45) is 5.41 Å². The standard InChI is InChI=1S/C15H18N2O3S/c1-3-10-9(2)21-7-11(10)13(19)17-5-4-15(8-17)6-12(18)16-14(15)20/h7H,3-6,8H2,1-2H3,(H,16,18,20)/t15-/m0/s1. The Morgan fingerprint density at radius 2 is 2.24 bits per heavy atom. The van der Waals surface area contributed by atoms with Crippen LogP contribution in [0.25, 0.3) is 0 Å². The molecule has 0 aliphatic carbocycles. The van der Waals surface area contributed by atoms with Gasteiger partial charge in [0, 0.05) is 29.8 Å². The number of thiophene rings is 1. The van der Waals surface area contributed by atoms with Gasteiger partial charge in [0.25, 0.3) is 5.91 Å². The molecule has 2 saturated heterocycles. The van der Waals surface area contributed by atoms with Gasteiger partial charge in [-0.05, 0) is 25.3 Å². The van der Waals surface area contributed by atoms with E-state index in [1.54, 1.807) is 16.2 Å². The van der Waals surface area contributed by atoms with Crippen LogP contribution in [-0.4, -0.2) is 35.7 Å². The van der Waals surface area contributed by atoms with Gasteiger partial charge in [-0.15, -0.1) is 11.3 Å². The first kappa shape index (κ1) is 14.3. The molecule has 0 bridgehead atoms. The maximum atomic E-state index is 12.7. The van der Waals surface area contributed by atoms with Gasteiger partial charge in [0.1, 0.15) is 0 Å². The summed E-state index contributed by atoms with van der Waals surface area (Å²) in [5.41, 5.74) is 1.16. The lowest BCUT2D eigenvalue weighted by atomic mass is 9.85. The molecule has 0 saturated carbocycles. The smallest absolute Gasteiger partial charge is 0.255 e. The van der Waals surface area contributed by atoms with Crippen LogP contribution in [0.1, 0.15) is 40.6 Å². The molecule has 2 aliphatic rings. The fourth-order valence-corrected chi connectivity index (χ4v) is 4.27. The number of imide groups is 1. The van der Waals surface area contributed by atoms with Gasteiger partial charge in [-0.3, -0.25) is 19.7 Å². The fraction of sp³-hybridized carbons (Fsp3) is 0.533. The van der Waals surface area contributed by atoms with Crippen LogP contribution in [-0.2, 0) is 16.0 Å². The van der Waals surface area contributed by atoms with Crippen LogP contribution >= 0.6 is 11.3 Å². The van der Waals surface area contributed by atoms with Crippen LogP contribution in [0.15, 0.2) is 5.38 Å². The number of hydrogen-bond acceptors (Lipinski definition) is 4. The van der Waals surface area contributed by atoms with E-state index < -0.39 is 5.41 Å². The first-order valence-corrected chi connectivity index (χ1v) is 8.05. The molecule has 21 heavy (non-hydrogen) atoms. The van der Waals surface area contributed by atoms with Crippen molar-refractivity contribution < 1.29 is 14.4 Å². The zero-order valence-electron chi connectivity index (χ0n) is 12.2. The third kappa shape index (κ3) is 2.18. The van der Waals surface area contributed by atoms with Gasteiger partial charge in [-0.1, -0.05) is 6.92 Å². The lowest BCUT2D eigenvalue weighted by Crippen LogP contribution is -2.36. The van der Waals surface area contributed by atoms with Crippen LogP contribution < -0.4 is 5.32 Å². The molecule has 0 unspecified atom stereocenters. The minimum Gasteiger partial charge on any atom is -0.337 e. The molecule has 6 heteroatoms. The normalized spacial score (nSPS) is 25.0. The van der Waals surface area contributed by atoms with Crippen LogP contribution in [0.3, 0.4) is 0 Å². The molecule has 0 aromatic carbocycles. The van der Waals surface area contributed by atoms with Crippen LogP contribution in [0.4, 0.5) is 0 Å². The minimum absolute atomic E-state index is 0.0137. The molecular weight excluding hydrogens is 288 g/mol. The molecule has 5 nitrogen and oxygen atoms in total. The van der Waals surface area contributed by atoms with Crippen molar-refractivity contribution in [3.8, 4) is 0 Å². The van der Waals surface area contributed by atoms with Crippen molar-refractivity contribution in [2.75, 3.05) is 13.1 Å². The summed E-state index contributed by atoms with van der Waals surface area (Å²) in [6, 6.07) is 0. The Labute approximate surface area is 127 Å². The Morgan fingerprint density at radius 1 is 1.48 bits per heavy atom. The molecule has 1 spiro atoms. The van der Waals surface area contributed by atoms with Crippen LogP contribution in [0, 0.1) is 12.3 Å². The maximum absolute atomic E-state index is 12.7. The van der Waals surface area contributed by atoms with E-state index in [9.17, 15) is 14.4 Å². The number of amides is 3. The molecule has 0 radical (unpaired) electrons. The number of carbonyl (C=O) groups excluding carboxylic acids is 3. The van der Waals surface area contributed by atoms with Crippen molar-refractivity contribution in [1.29, 1.82) is 0 Å². The second-order valence-corrected chi connectivity index (χ2v) is 6.93. The molecule has 112 valence electrons. The van der Waals surface area contributed by atoms with E-state index in [1.807, 2.05) is 19.2 Å². The Hall–Kier alpha value is -1.69. The third-order valence-electron chi connectivity index (χ3n) is 4.56. The van der Waals surface area contributed by atoms with Crippen molar-refractivity contribution in [3.05, 3.63) is 21.4 Å². The van der Waals surface area contributed by atoms with E-state index in [1.165, 1.54) is 4.88 Å². The monoisotopic (exact) mass is 306 g/mol. The predicted molar refractivity (Wildman–Crippen MR) is 79.2 cm³/mol. The Kier molecular flexibility index (Phi) is 3.36. The second-order valence-electron chi connectivity index (χ2n) is 5.85. The highest BCUT2D eigenvalue weighted by Crippen LogP contribution is 2.38. The minimum atomic E-state index is -0.690. The average Bonchev–Trinajstić information content (AvgIpc) is 3.09. The van der Waals surface area contributed by atoms with Crippen molar-refractivity contribution in [1.82, 2.24) is 10.2 Å². The maximum Gasteiger partial charge on any atom is 0.255 e. The molecule has 1 aromatic heterocycles. The second kappa shape index (κ2) is 4.94. The highest BCUT2D eigenvalue weighted by atomic mass is 32.1. The van der Waals surface area contributed by atoms with E-state index in [0.29, 0.717) is 19.5 Å². The van der Waals surface area contributed by atoms with E-state index in [-0.39, 0.29) is 24.1 Å². The summed E-state index contributed by atoms with van der Waals surface area (Å²) in [5, 5.41) is 4.27. The number of nitrogens with one attached hydrogen (secondary N) is 1. The molecular formula is C15H18N2O3S. The first-order valence-electron chi connectivity index (χ1n) is 7.17. The largest absolute Gasteiger partial charge is 0.337 e. The average molecular weight is 306 g/mol. The van der Waals surface area contributed by atoms with Gasteiger partial charge in [-0.25, -0.2) is 0 Å². The fourth-order valence-electron chi connectivity index (χ4n) is 3.33. The summed E-state index contributed by atoms with van der Waals surface area (Å²) in [7, 11) is 0. The Morgan fingerprint density at radius 3 is 2.86 bits per heavy atom. The number of likely N-dealkylation sites (tertiary alicyclic amines) is 1. The summed E-state index contributed by atoms with van der Waals surface area (Å²) in [5.74, 6) is -0.463. The number of hydrogen-bond donors (Lipinski definition) is 1. The Bertz CT molecular complexity index is 637. The molecule has 1 aromatic rings. The SMILES string of the molecule is CCc1c(C(=O)N2CC[C@]3(CC(=O)NC3=O)C2)csc1C. The van der Waals surface area contributed by atoms with Crippen molar-refractivity contribution in [2.45, 2.75) is 33.1 Å². The number of aryl methyl sites for hydroxylation is 1. The molecule has 2 fully saturated rings. The van der Waals surface area contributed by atoms with E-state index in [2.05, 4.69) is 5.32 Å². The Balaban J connectivity index is 1.82.